The van der Waals surface area contributed by atoms with Crippen LogP contribution in [0.4, 0.5) is 0 Å². The predicted octanol–water partition coefficient (Wildman–Crippen LogP) is 2.60. The summed E-state index contributed by atoms with van der Waals surface area (Å²) in [4.78, 5) is 18.2. The molecule has 0 aliphatic rings. The van der Waals surface area contributed by atoms with Crippen molar-refractivity contribution in [1.29, 1.82) is 0 Å². The standard InChI is InChI=1S/C15H19N3OS/c1-2-9-16-13(12-6-4-3-5-7-12)11-20-15-17-10-8-14(19)18-15/h3-8,10,13,16H,2,9,11H2,1H3,(H,17,18,19). The van der Waals surface area contributed by atoms with Gasteiger partial charge < -0.3 is 10.3 Å². The third-order valence-electron chi connectivity index (χ3n) is 2.88. The first-order valence-corrected chi connectivity index (χ1v) is 7.74. The molecule has 0 aliphatic carbocycles. The molecule has 4 nitrogen and oxygen atoms in total. The van der Waals surface area contributed by atoms with E-state index >= 15 is 0 Å². The third-order valence-corrected chi connectivity index (χ3v) is 3.86. The normalized spacial score (nSPS) is 12.2. The lowest BCUT2D eigenvalue weighted by molar-refractivity contribution is 0.577. The first kappa shape index (κ1) is 14.8. The quantitative estimate of drug-likeness (QED) is 0.607. The number of H-pyrrole nitrogens is 1. The number of thioether (sulfide) groups is 1. The summed E-state index contributed by atoms with van der Waals surface area (Å²) in [5, 5.41) is 4.19. The molecule has 1 aromatic heterocycles. The Balaban J connectivity index is 2.02. The van der Waals surface area contributed by atoms with Gasteiger partial charge in [-0.15, -0.1) is 0 Å². The molecular weight excluding hydrogens is 270 g/mol. The van der Waals surface area contributed by atoms with Gasteiger partial charge in [-0.1, -0.05) is 49.0 Å². The molecule has 0 saturated carbocycles. The van der Waals surface area contributed by atoms with Gasteiger partial charge in [-0.2, -0.15) is 0 Å². The first-order chi connectivity index (χ1) is 9.79. The van der Waals surface area contributed by atoms with Gasteiger partial charge in [-0.25, -0.2) is 4.98 Å². The Labute approximate surface area is 123 Å². The van der Waals surface area contributed by atoms with E-state index in [-0.39, 0.29) is 11.6 Å². The Hall–Kier alpha value is -1.59. The molecule has 0 aliphatic heterocycles. The molecule has 0 fully saturated rings. The van der Waals surface area contributed by atoms with E-state index in [9.17, 15) is 4.79 Å². The van der Waals surface area contributed by atoms with E-state index in [1.807, 2.05) is 18.2 Å². The molecule has 1 heterocycles. The van der Waals surface area contributed by atoms with Crippen molar-refractivity contribution in [3.05, 3.63) is 58.5 Å². The van der Waals surface area contributed by atoms with Gasteiger partial charge in [0.25, 0.3) is 5.56 Å². The Morgan fingerprint density at radius 3 is 2.80 bits per heavy atom. The molecule has 2 rings (SSSR count). The first-order valence-electron chi connectivity index (χ1n) is 6.76. The van der Waals surface area contributed by atoms with Crippen LogP contribution in [0.1, 0.15) is 24.9 Å². The van der Waals surface area contributed by atoms with E-state index in [0.29, 0.717) is 5.16 Å². The summed E-state index contributed by atoms with van der Waals surface area (Å²) in [7, 11) is 0. The topological polar surface area (TPSA) is 57.8 Å². The molecule has 0 radical (unpaired) electrons. The molecular formula is C15H19N3OS. The van der Waals surface area contributed by atoms with Crippen molar-refractivity contribution in [2.24, 2.45) is 0 Å². The molecule has 106 valence electrons. The van der Waals surface area contributed by atoms with Crippen LogP contribution < -0.4 is 10.9 Å². The maximum absolute atomic E-state index is 11.3. The third kappa shape index (κ3) is 4.51. The van der Waals surface area contributed by atoms with Gasteiger partial charge in [-0.05, 0) is 18.5 Å². The minimum atomic E-state index is -0.111. The number of aromatic amines is 1. The van der Waals surface area contributed by atoms with E-state index in [1.165, 1.54) is 17.8 Å². The number of benzene rings is 1. The van der Waals surface area contributed by atoms with Crippen molar-refractivity contribution in [3.8, 4) is 0 Å². The number of rotatable bonds is 7. The zero-order chi connectivity index (χ0) is 14.2. The fourth-order valence-electron chi connectivity index (χ4n) is 1.86. The maximum atomic E-state index is 11.3. The van der Waals surface area contributed by atoms with Crippen molar-refractivity contribution in [3.63, 3.8) is 0 Å². The van der Waals surface area contributed by atoms with Crippen molar-refractivity contribution in [2.45, 2.75) is 24.5 Å². The molecule has 0 spiro atoms. The highest BCUT2D eigenvalue weighted by Crippen LogP contribution is 2.21. The number of hydrogen-bond donors (Lipinski definition) is 2. The average molecular weight is 289 g/mol. The van der Waals surface area contributed by atoms with Crippen LogP contribution in [0, 0.1) is 0 Å². The fraction of sp³-hybridized carbons (Fsp3) is 0.333. The lowest BCUT2D eigenvalue weighted by Crippen LogP contribution is -2.24. The van der Waals surface area contributed by atoms with E-state index in [1.54, 1.807) is 11.8 Å². The molecule has 0 saturated heterocycles. The van der Waals surface area contributed by atoms with Gasteiger partial charge in [0.05, 0.1) is 0 Å². The van der Waals surface area contributed by atoms with Gasteiger partial charge in [0.1, 0.15) is 0 Å². The molecule has 5 heteroatoms. The van der Waals surface area contributed by atoms with Crippen molar-refractivity contribution < 1.29 is 0 Å². The Bertz CT molecular complexity index is 571. The summed E-state index contributed by atoms with van der Waals surface area (Å²) in [6.07, 6.45) is 2.63. The SMILES string of the molecule is CCCNC(CSc1nccc(=O)[nH]1)c1ccccc1. The van der Waals surface area contributed by atoms with E-state index < -0.39 is 0 Å². The zero-order valence-corrected chi connectivity index (χ0v) is 12.3. The second-order valence-corrected chi connectivity index (χ2v) is 5.48. The number of nitrogens with zero attached hydrogens (tertiary/aromatic N) is 1. The van der Waals surface area contributed by atoms with Gasteiger partial charge in [-0.3, -0.25) is 4.79 Å². The highest BCUT2D eigenvalue weighted by Gasteiger charge is 2.11. The molecule has 1 aromatic carbocycles. The Morgan fingerprint density at radius 2 is 2.10 bits per heavy atom. The van der Waals surface area contributed by atoms with Crippen LogP contribution in [-0.2, 0) is 0 Å². The number of nitrogens with one attached hydrogen (secondary N) is 2. The average Bonchev–Trinajstić information content (AvgIpc) is 2.48. The lowest BCUT2D eigenvalue weighted by atomic mass is 10.1. The van der Waals surface area contributed by atoms with Crippen LogP contribution in [0.5, 0.6) is 0 Å². The Kier molecular flexibility index (Phi) is 5.83. The summed E-state index contributed by atoms with van der Waals surface area (Å²) in [6, 6.07) is 12.0. The smallest absolute Gasteiger partial charge is 0.251 e. The monoisotopic (exact) mass is 289 g/mol. The summed E-state index contributed by atoms with van der Waals surface area (Å²) in [5.41, 5.74) is 1.15. The van der Waals surface area contributed by atoms with Gasteiger partial charge in [0.2, 0.25) is 0 Å². The van der Waals surface area contributed by atoms with Crippen LogP contribution in [0.3, 0.4) is 0 Å². The fourth-order valence-corrected chi connectivity index (χ4v) is 2.81. The lowest BCUT2D eigenvalue weighted by Gasteiger charge is -2.18. The second-order valence-electron chi connectivity index (χ2n) is 4.47. The van der Waals surface area contributed by atoms with E-state index in [0.717, 1.165) is 18.7 Å². The van der Waals surface area contributed by atoms with Gasteiger partial charge in [0.15, 0.2) is 5.16 Å². The van der Waals surface area contributed by atoms with Gasteiger partial charge >= 0.3 is 0 Å². The van der Waals surface area contributed by atoms with Crippen LogP contribution in [0.2, 0.25) is 0 Å². The maximum Gasteiger partial charge on any atom is 0.251 e. The molecule has 1 unspecified atom stereocenters. The molecule has 2 N–H and O–H groups in total. The summed E-state index contributed by atoms with van der Waals surface area (Å²) < 4.78 is 0. The molecule has 0 bridgehead atoms. The van der Waals surface area contributed by atoms with Crippen molar-refractivity contribution in [1.82, 2.24) is 15.3 Å². The molecule has 2 aromatic rings. The highest BCUT2D eigenvalue weighted by molar-refractivity contribution is 7.99. The minimum Gasteiger partial charge on any atom is -0.309 e. The summed E-state index contributed by atoms with van der Waals surface area (Å²) in [5.74, 6) is 0.830. The van der Waals surface area contributed by atoms with E-state index in [2.05, 4.69) is 34.3 Å². The second kappa shape index (κ2) is 7.87. The van der Waals surface area contributed by atoms with Crippen LogP contribution in [0.25, 0.3) is 0 Å². The van der Waals surface area contributed by atoms with Gasteiger partial charge in [0, 0.05) is 24.1 Å². The molecule has 20 heavy (non-hydrogen) atoms. The van der Waals surface area contributed by atoms with Crippen molar-refractivity contribution >= 4 is 11.8 Å². The van der Waals surface area contributed by atoms with E-state index in [4.69, 9.17) is 0 Å². The predicted molar refractivity (Wildman–Crippen MR) is 83.1 cm³/mol. The number of aromatic nitrogens is 2. The molecule has 0 amide bonds. The van der Waals surface area contributed by atoms with Crippen LogP contribution >= 0.6 is 11.8 Å². The Morgan fingerprint density at radius 1 is 1.30 bits per heavy atom. The van der Waals surface area contributed by atoms with Crippen molar-refractivity contribution in [2.75, 3.05) is 12.3 Å². The minimum absolute atomic E-state index is 0.111. The largest absolute Gasteiger partial charge is 0.309 e. The highest BCUT2D eigenvalue weighted by atomic mass is 32.2. The summed E-state index contributed by atoms with van der Waals surface area (Å²) in [6.45, 7) is 3.12. The number of hydrogen-bond acceptors (Lipinski definition) is 4. The zero-order valence-electron chi connectivity index (χ0n) is 11.5. The summed E-state index contributed by atoms with van der Waals surface area (Å²) >= 11 is 1.56. The van der Waals surface area contributed by atoms with Crippen LogP contribution in [-0.4, -0.2) is 22.3 Å². The molecule has 1 atom stereocenters. The van der Waals surface area contributed by atoms with Crippen LogP contribution in [0.15, 0.2) is 52.5 Å².